The van der Waals surface area contributed by atoms with E-state index in [1.54, 1.807) is 0 Å². The molecule has 3 N–H and O–H groups in total. The van der Waals surface area contributed by atoms with Crippen LogP contribution < -0.4 is 16.0 Å². The van der Waals surface area contributed by atoms with E-state index >= 15 is 0 Å². The molecule has 94 valence electrons. The Morgan fingerprint density at radius 2 is 2.12 bits per heavy atom. The Bertz CT molecular complexity index is 374. The lowest BCUT2D eigenvalue weighted by Crippen LogP contribution is -2.33. The van der Waals surface area contributed by atoms with Crippen LogP contribution in [0.15, 0.2) is 18.2 Å². The molecule has 0 radical (unpaired) electrons. The summed E-state index contributed by atoms with van der Waals surface area (Å²) in [6.45, 7) is 5.24. The third-order valence-electron chi connectivity index (χ3n) is 3.77. The SMILES string of the molecule is CCC(CC)C(NN)c1ccc2c(c1)CCO2. The number of nitrogens with one attached hydrogen (secondary N) is 1. The topological polar surface area (TPSA) is 47.3 Å². The standard InChI is InChI=1S/C14H22N2O/c1-3-10(4-2)14(16-15)12-5-6-13-11(9-12)7-8-17-13/h5-6,9-10,14,16H,3-4,7-8,15H2,1-2H3. The molecule has 3 nitrogen and oxygen atoms in total. The molecule has 1 aliphatic heterocycles. The van der Waals surface area contributed by atoms with Crippen molar-refractivity contribution < 1.29 is 4.74 Å². The van der Waals surface area contributed by atoms with Crippen LogP contribution in [-0.4, -0.2) is 6.61 Å². The van der Waals surface area contributed by atoms with Crippen LogP contribution in [0.2, 0.25) is 0 Å². The molecule has 1 unspecified atom stereocenters. The Balaban J connectivity index is 2.25. The van der Waals surface area contributed by atoms with Gasteiger partial charge in [0, 0.05) is 12.5 Å². The van der Waals surface area contributed by atoms with E-state index in [-0.39, 0.29) is 6.04 Å². The first-order valence-corrected chi connectivity index (χ1v) is 6.51. The number of ether oxygens (including phenoxy) is 1. The lowest BCUT2D eigenvalue weighted by molar-refractivity contribution is 0.344. The second-order valence-corrected chi connectivity index (χ2v) is 4.69. The van der Waals surface area contributed by atoms with Crippen LogP contribution in [-0.2, 0) is 6.42 Å². The normalized spacial score (nSPS) is 15.8. The molecule has 17 heavy (non-hydrogen) atoms. The monoisotopic (exact) mass is 234 g/mol. The van der Waals surface area contributed by atoms with Gasteiger partial charge in [-0.1, -0.05) is 38.8 Å². The zero-order chi connectivity index (χ0) is 12.3. The minimum absolute atomic E-state index is 0.246. The van der Waals surface area contributed by atoms with Crippen LogP contribution in [0, 0.1) is 5.92 Å². The number of rotatable bonds is 5. The molecule has 1 heterocycles. The van der Waals surface area contributed by atoms with Gasteiger partial charge in [-0.2, -0.15) is 0 Å². The zero-order valence-corrected chi connectivity index (χ0v) is 10.7. The highest BCUT2D eigenvalue weighted by molar-refractivity contribution is 5.40. The molecular weight excluding hydrogens is 212 g/mol. The first-order chi connectivity index (χ1) is 8.30. The average Bonchev–Trinajstić information content (AvgIpc) is 2.82. The summed E-state index contributed by atoms with van der Waals surface area (Å²) in [7, 11) is 0. The van der Waals surface area contributed by atoms with Gasteiger partial charge in [0.25, 0.3) is 0 Å². The highest BCUT2D eigenvalue weighted by Crippen LogP contribution is 2.32. The van der Waals surface area contributed by atoms with Crippen LogP contribution in [0.5, 0.6) is 5.75 Å². The predicted octanol–water partition coefficient (Wildman–Crippen LogP) is 2.56. The van der Waals surface area contributed by atoms with Crippen molar-refractivity contribution in [2.45, 2.75) is 39.2 Å². The van der Waals surface area contributed by atoms with Gasteiger partial charge in [-0.25, -0.2) is 0 Å². The van der Waals surface area contributed by atoms with Crippen LogP contribution in [0.3, 0.4) is 0 Å². The Morgan fingerprint density at radius 1 is 1.35 bits per heavy atom. The summed E-state index contributed by atoms with van der Waals surface area (Å²) in [5.41, 5.74) is 5.57. The molecule has 0 saturated heterocycles. The molecule has 0 bridgehead atoms. The molecule has 0 aliphatic carbocycles. The molecule has 2 rings (SSSR count). The summed E-state index contributed by atoms with van der Waals surface area (Å²) in [5, 5.41) is 0. The number of hydrogen-bond donors (Lipinski definition) is 2. The van der Waals surface area contributed by atoms with Crippen molar-refractivity contribution in [1.29, 1.82) is 0 Å². The van der Waals surface area contributed by atoms with Crippen LogP contribution in [0.25, 0.3) is 0 Å². The molecule has 0 fully saturated rings. The largest absolute Gasteiger partial charge is 0.493 e. The molecule has 0 aromatic heterocycles. The highest BCUT2D eigenvalue weighted by Gasteiger charge is 2.21. The molecule has 0 amide bonds. The summed E-state index contributed by atoms with van der Waals surface area (Å²) in [4.78, 5) is 0. The number of benzene rings is 1. The Morgan fingerprint density at radius 3 is 2.76 bits per heavy atom. The minimum Gasteiger partial charge on any atom is -0.493 e. The molecule has 1 aromatic carbocycles. The second-order valence-electron chi connectivity index (χ2n) is 4.69. The second kappa shape index (κ2) is 5.52. The third kappa shape index (κ3) is 2.45. The smallest absolute Gasteiger partial charge is 0.122 e. The van der Waals surface area contributed by atoms with Crippen molar-refractivity contribution in [2.75, 3.05) is 6.61 Å². The first kappa shape index (κ1) is 12.4. The van der Waals surface area contributed by atoms with Crippen molar-refractivity contribution in [3.8, 4) is 5.75 Å². The highest BCUT2D eigenvalue weighted by atomic mass is 16.5. The lowest BCUT2D eigenvalue weighted by atomic mass is 9.88. The van der Waals surface area contributed by atoms with E-state index in [1.165, 1.54) is 11.1 Å². The van der Waals surface area contributed by atoms with Crippen LogP contribution in [0.1, 0.15) is 43.9 Å². The molecule has 0 saturated carbocycles. The molecular formula is C14H22N2O. The third-order valence-corrected chi connectivity index (χ3v) is 3.77. The Labute approximate surface area is 103 Å². The minimum atomic E-state index is 0.246. The maximum absolute atomic E-state index is 5.72. The zero-order valence-electron chi connectivity index (χ0n) is 10.7. The van der Waals surface area contributed by atoms with E-state index < -0.39 is 0 Å². The summed E-state index contributed by atoms with van der Waals surface area (Å²) in [6, 6.07) is 6.69. The van der Waals surface area contributed by atoms with Gasteiger partial charge in [0.15, 0.2) is 0 Å². The molecule has 0 spiro atoms. The lowest BCUT2D eigenvalue weighted by Gasteiger charge is -2.25. The van der Waals surface area contributed by atoms with E-state index in [0.29, 0.717) is 5.92 Å². The molecule has 1 aromatic rings. The Hall–Kier alpha value is -1.06. The van der Waals surface area contributed by atoms with Gasteiger partial charge in [-0.05, 0) is 23.1 Å². The van der Waals surface area contributed by atoms with E-state index in [0.717, 1.165) is 31.6 Å². The molecule has 1 atom stereocenters. The van der Waals surface area contributed by atoms with Gasteiger partial charge in [0.1, 0.15) is 5.75 Å². The van der Waals surface area contributed by atoms with E-state index in [1.807, 2.05) is 0 Å². The van der Waals surface area contributed by atoms with Gasteiger partial charge in [-0.15, -0.1) is 0 Å². The van der Waals surface area contributed by atoms with Crippen molar-refractivity contribution in [2.24, 2.45) is 11.8 Å². The summed E-state index contributed by atoms with van der Waals surface area (Å²) >= 11 is 0. The van der Waals surface area contributed by atoms with Crippen molar-refractivity contribution in [3.05, 3.63) is 29.3 Å². The number of hydrogen-bond acceptors (Lipinski definition) is 3. The average molecular weight is 234 g/mol. The van der Waals surface area contributed by atoms with Crippen molar-refractivity contribution in [3.63, 3.8) is 0 Å². The van der Waals surface area contributed by atoms with Crippen molar-refractivity contribution in [1.82, 2.24) is 5.43 Å². The molecule has 3 heteroatoms. The predicted molar refractivity (Wildman–Crippen MR) is 69.8 cm³/mol. The fourth-order valence-electron chi connectivity index (χ4n) is 2.66. The number of hydrazine groups is 1. The maximum atomic E-state index is 5.72. The van der Waals surface area contributed by atoms with Crippen LogP contribution >= 0.6 is 0 Å². The van der Waals surface area contributed by atoms with Gasteiger partial charge in [0.2, 0.25) is 0 Å². The number of nitrogens with two attached hydrogens (primary N) is 1. The summed E-state index contributed by atoms with van der Waals surface area (Å²) in [6.07, 6.45) is 3.29. The van der Waals surface area contributed by atoms with E-state index in [4.69, 9.17) is 10.6 Å². The maximum Gasteiger partial charge on any atom is 0.122 e. The molecule has 1 aliphatic rings. The number of fused-ring (bicyclic) bond motifs is 1. The Kier molecular flexibility index (Phi) is 4.02. The van der Waals surface area contributed by atoms with Gasteiger partial charge in [0.05, 0.1) is 6.61 Å². The summed E-state index contributed by atoms with van der Waals surface area (Å²) in [5.74, 6) is 7.34. The summed E-state index contributed by atoms with van der Waals surface area (Å²) < 4.78 is 5.53. The van der Waals surface area contributed by atoms with E-state index in [9.17, 15) is 0 Å². The van der Waals surface area contributed by atoms with E-state index in [2.05, 4.69) is 37.5 Å². The van der Waals surface area contributed by atoms with Crippen LogP contribution in [0.4, 0.5) is 0 Å². The van der Waals surface area contributed by atoms with Crippen molar-refractivity contribution >= 4 is 0 Å². The quantitative estimate of drug-likeness (QED) is 0.608. The first-order valence-electron chi connectivity index (χ1n) is 6.51. The van der Waals surface area contributed by atoms with Gasteiger partial charge >= 0.3 is 0 Å². The van der Waals surface area contributed by atoms with Gasteiger partial charge in [-0.3, -0.25) is 11.3 Å². The van der Waals surface area contributed by atoms with Gasteiger partial charge < -0.3 is 4.74 Å². The fraction of sp³-hybridized carbons (Fsp3) is 0.571. The fourth-order valence-corrected chi connectivity index (χ4v) is 2.66.